The van der Waals surface area contributed by atoms with Gasteiger partial charge in [0, 0.05) is 18.2 Å². The molecule has 1 fully saturated rings. The van der Waals surface area contributed by atoms with Crippen LogP contribution in [0.3, 0.4) is 0 Å². The number of hydrogen-bond donors (Lipinski definition) is 0. The Morgan fingerprint density at radius 2 is 1.42 bits per heavy atom. The lowest BCUT2D eigenvalue weighted by Crippen LogP contribution is -2.41. The number of unbranched alkanes of at least 4 members (excludes halogenated alkanes) is 7. The molecule has 1 aromatic rings. The monoisotopic (exact) mass is 523 g/mol. The highest BCUT2D eigenvalue weighted by atomic mass is 16.5. The molecule has 1 saturated carbocycles. The van der Waals surface area contributed by atoms with Gasteiger partial charge in [-0.05, 0) is 57.2 Å². The number of esters is 2. The first-order valence-corrected chi connectivity index (χ1v) is 14.5. The van der Waals surface area contributed by atoms with Gasteiger partial charge in [-0.25, -0.2) is 9.59 Å². The molecule has 6 heteroatoms. The van der Waals surface area contributed by atoms with Gasteiger partial charge in [0.15, 0.2) is 0 Å². The fourth-order valence-electron chi connectivity index (χ4n) is 5.60. The van der Waals surface area contributed by atoms with E-state index in [0.29, 0.717) is 30.4 Å². The highest BCUT2D eigenvalue weighted by molar-refractivity contribution is 6.08. The summed E-state index contributed by atoms with van der Waals surface area (Å²) < 4.78 is 10.9. The van der Waals surface area contributed by atoms with Crippen LogP contribution in [0.1, 0.15) is 91.4 Å². The molecular formula is C32H45NO5. The summed E-state index contributed by atoms with van der Waals surface area (Å²) >= 11 is 0. The third kappa shape index (κ3) is 6.95. The van der Waals surface area contributed by atoms with Crippen LogP contribution < -0.4 is 4.90 Å². The van der Waals surface area contributed by atoms with Gasteiger partial charge >= 0.3 is 11.9 Å². The van der Waals surface area contributed by atoms with E-state index in [9.17, 15) is 14.4 Å². The number of carbonyl (C=O) groups is 3. The third-order valence-electron chi connectivity index (χ3n) is 7.82. The van der Waals surface area contributed by atoms with Gasteiger partial charge in [-0.3, -0.25) is 4.79 Å². The van der Waals surface area contributed by atoms with Gasteiger partial charge in [0.05, 0.1) is 30.3 Å². The van der Waals surface area contributed by atoms with E-state index in [4.69, 9.17) is 9.47 Å². The van der Waals surface area contributed by atoms with Gasteiger partial charge in [-0.1, -0.05) is 76.1 Å². The van der Waals surface area contributed by atoms with Crippen molar-refractivity contribution < 1.29 is 23.9 Å². The average Bonchev–Trinajstić information content (AvgIpc) is 3.71. The van der Waals surface area contributed by atoms with Crippen molar-refractivity contribution in [2.75, 3.05) is 25.2 Å². The van der Waals surface area contributed by atoms with Gasteiger partial charge in [-0.15, -0.1) is 0 Å². The standard InChI is InChI=1S/C32H45NO5/c1-5-8-9-10-11-12-13-15-18-24-23-26(29(34)33(4)25-19-16-14-17-20-25)32(21-22-32)28(31(36)38-7-3)27(24)30(35)37-6-2/h14,16-17,19-20,23,26H,5-13,15,18,21-22H2,1-4H3. The predicted molar refractivity (Wildman–Crippen MR) is 151 cm³/mol. The Morgan fingerprint density at radius 1 is 0.842 bits per heavy atom. The molecule has 2 aliphatic carbocycles. The van der Waals surface area contributed by atoms with Crippen LogP contribution in [-0.2, 0) is 23.9 Å². The molecule has 0 bridgehead atoms. The van der Waals surface area contributed by atoms with Crippen LogP contribution in [-0.4, -0.2) is 38.1 Å². The number of amides is 1. The second-order valence-electron chi connectivity index (χ2n) is 10.5. The summed E-state index contributed by atoms with van der Waals surface area (Å²) in [6.45, 7) is 6.16. The lowest BCUT2D eigenvalue weighted by molar-refractivity contribution is -0.142. The van der Waals surface area contributed by atoms with E-state index >= 15 is 0 Å². The lowest BCUT2D eigenvalue weighted by Gasteiger charge is -2.35. The molecule has 208 valence electrons. The Balaban J connectivity index is 1.92. The maximum Gasteiger partial charge on any atom is 0.338 e. The van der Waals surface area contributed by atoms with E-state index in [-0.39, 0.29) is 19.1 Å². The number of ether oxygens (including phenoxy) is 2. The molecule has 3 rings (SSSR count). The van der Waals surface area contributed by atoms with Crippen molar-refractivity contribution in [3.8, 4) is 0 Å². The van der Waals surface area contributed by atoms with Crippen molar-refractivity contribution in [1.82, 2.24) is 0 Å². The predicted octanol–water partition coefficient (Wildman–Crippen LogP) is 6.94. The molecule has 0 heterocycles. The van der Waals surface area contributed by atoms with Crippen LogP contribution >= 0.6 is 0 Å². The van der Waals surface area contributed by atoms with E-state index < -0.39 is 23.3 Å². The van der Waals surface area contributed by atoms with Crippen LogP contribution in [0.15, 0.2) is 53.1 Å². The van der Waals surface area contributed by atoms with Crippen molar-refractivity contribution >= 4 is 23.5 Å². The van der Waals surface area contributed by atoms with Crippen molar-refractivity contribution in [3.63, 3.8) is 0 Å². The summed E-state index contributed by atoms with van der Waals surface area (Å²) in [5.41, 5.74) is 1.49. The van der Waals surface area contributed by atoms with E-state index in [1.165, 1.54) is 32.1 Å². The number of hydrogen-bond acceptors (Lipinski definition) is 5. The fraction of sp³-hybridized carbons (Fsp3) is 0.594. The zero-order valence-electron chi connectivity index (χ0n) is 23.7. The number of rotatable bonds is 15. The summed E-state index contributed by atoms with van der Waals surface area (Å²) in [6, 6.07) is 9.52. The first kappa shape index (κ1) is 29.7. The first-order chi connectivity index (χ1) is 18.4. The summed E-state index contributed by atoms with van der Waals surface area (Å²) in [6.07, 6.45) is 13.2. The highest BCUT2D eigenvalue weighted by Gasteiger charge is 2.60. The summed E-state index contributed by atoms with van der Waals surface area (Å²) in [4.78, 5) is 42.3. The van der Waals surface area contributed by atoms with Crippen LogP contribution in [0.2, 0.25) is 0 Å². The molecule has 1 atom stereocenters. The zero-order valence-corrected chi connectivity index (χ0v) is 23.7. The van der Waals surface area contributed by atoms with Gasteiger partial charge in [0.25, 0.3) is 0 Å². The van der Waals surface area contributed by atoms with Crippen LogP contribution in [0.4, 0.5) is 5.69 Å². The average molecular weight is 524 g/mol. The Labute approximate surface area is 228 Å². The molecule has 1 aromatic carbocycles. The van der Waals surface area contributed by atoms with Gasteiger partial charge in [0.2, 0.25) is 5.91 Å². The molecule has 38 heavy (non-hydrogen) atoms. The summed E-state index contributed by atoms with van der Waals surface area (Å²) in [5, 5.41) is 0. The number of carbonyl (C=O) groups excluding carboxylic acids is 3. The van der Waals surface area contributed by atoms with Gasteiger partial charge in [-0.2, -0.15) is 0 Å². The van der Waals surface area contributed by atoms with Crippen molar-refractivity contribution in [2.45, 2.75) is 91.4 Å². The molecule has 0 radical (unpaired) electrons. The lowest BCUT2D eigenvalue weighted by atomic mass is 9.71. The number of para-hydroxylation sites is 1. The fourth-order valence-corrected chi connectivity index (χ4v) is 5.60. The highest BCUT2D eigenvalue weighted by Crippen LogP contribution is 2.62. The molecule has 6 nitrogen and oxygen atoms in total. The first-order valence-electron chi connectivity index (χ1n) is 14.5. The minimum atomic E-state index is -0.725. The molecule has 0 saturated heterocycles. The van der Waals surface area contributed by atoms with Crippen LogP contribution in [0.5, 0.6) is 0 Å². The summed E-state index contributed by atoms with van der Waals surface area (Å²) in [5.74, 6) is -1.61. The largest absolute Gasteiger partial charge is 0.463 e. The minimum Gasteiger partial charge on any atom is -0.463 e. The maximum absolute atomic E-state index is 13.9. The Bertz CT molecular complexity index is 1020. The van der Waals surface area contributed by atoms with Crippen molar-refractivity contribution in [3.05, 3.63) is 53.1 Å². The van der Waals surface area contributed by atoms with E-state index in [0.717, 1.165) is 30.5 Å². The number of nitrogens with zero attached hydrogens (tertiary/aromatic N) is 1. The normalized spacial score (nSPS) is 17.7. The number of benzene rings is 1. The quantitative estimate of drug-likeness (QED) is 0.184. The third-order valence-corrected chi connectivity index (χ3v) is 7.82. The van der Waals surface area contributed by atoms with Gasteiger partial charge in [0.1, 0.15) is 0 Å². The zero-order chi connectivity index (χ0) is 27.5. The van der Waals surface area contributed by atoms with Gasteiger partial charge < -0.3 is 14.4 Å². The molecule has 1 unspecified atom stereocenters. The van der Waals surface area contributed by atoms with Crippen LogP contribution in [0.25, 0.3) is 0 Å². The Morgan fingerprint density at radius 3 is 2.00 bits per heavy atom. The Hall–Kier alpha value is -2.89. The molecular weight excluding hydrogens is 478 g/mol. The van der Waals surface area contributed by atoms with Crippen molar-refractivity contribution in [2.24, 2.45) is 11.3 Å². The minimum absolute atomic E-state index is 0.0770. The molecule has 2 aliphatic rings. The molecule has 0 N–H and O–H groups in total. The molecule has 1 amide bonds. The second kappa shape index (κ2) is 14.3. The topological polar surface area (TPSA) is 72.9 Å². The van der Waals surface area contributed by atoms with Crippen LogP contribution in [0, 0.1) is 11.3 Å². The van der Waals surface area contributed by atoms with Crippen molar-refractivity contribution in [1.29, 1.82) is 0 Å². The van der Waals surface area contributed by atoms with E-state index in [1.807, 2.05) is 36.4 Å². The molecule has 0 aromatic heterocycles. The molecule has 0 aliphatic heterocycles. The van der Waals surface area contributed by atoms with E-state index in [1.54, 1.807) is 25.8 Å². The molecule has 1 spiro atoms. The smallest absolute Gasteiger partial charge is 0.338 e. The summed E-state index contributed by atoms with van der Waals surface area (Å²) in [7, 11) is 1.77. The Kier molecular flexibility index (Phi) is 11.2. The maximum atomic E-state index is 13.9. The van der Waals surface area contributed by atoms with E-state index in [2.05, 4.69) is 6.92 Å². The number of anilines is 1. The second-order valence-corrected chi connectivity index (χ2v) is 10.5. The SMILES string of the molecule is CCCCCCCCCCC1=CC(C(=O)N(C)c2ccccc2)C2(CC2)C(C(=O)OCC)=C1C(=O)OCC.